The van der Waals surface area contributed by atoms with Crippen molar-refractivity contribution in [3.05, 3.63) is 59.5 Å². The van der Waals surface area contributed by atoms with Crippen LogP contribution in [-0.2, 0) is 4.74 Å². The van der Waals surface area contributed by atoms with Gasteiger partial charge in [-0.05, 0) is 64.4 Å². The number of hydrogen-bond donors (Lipinski definition) is 2. The van der Waals surface area contributed by atoms with E-state index in [2.05, 4.69) is 73.6 Å². The van der Waals surface area contributed by atoms with E-state index < -0.39 is 5.97 Å². The first-order valence-corrected chi connectivity index (χ1v) is 13.1. The van der Waals surface area contributed by atoms with Crippen LogP contribution in [0, 0.1) is 0 Å². The molecule has 4 N–H and O–H groups in total. The molecule has 0 saturated carbocycles. The molecule has 7 nitrogen and oxygen atoms in total. The lowest BCUT2D eigenvalue weighted by atomic mass is 9.89. The Morgan fingerprint density at radius 1 is 0.919 bits per heavy atom. The molecule has 4 rings (SSSR count). The Balaban J connectivity index is 2.16. The summed E-state index contributed by atoms with van der Waals surface area (Å²) in [5.41, 5.74) is 17.6. The SMILES string of the molecule is CCOC(=O)c1c(-c2c3ccc(=[N+](CC)CC)cc-3oc3cc(N(CC)CC)ccc23)ccc(N)c1N. The molecule has 7 heteroatoms. The van der Waals surface area contributed by atoms with Gasteiger partial charge in [-0.15, -0.1) is 0 Å². The van der Waals surface area contributed by atoms with Gasteiger partial charge in [0, 0.05) is 47.4 Å². The second-order valence-electron chi connectivity index (χ2n) is 8.89. The highest BCUT2D eigenvalue weighted by molar-refractivity contribution is 6.11. The van der Waals surface area contributed by atoms with E-state index in [1.54, 1.807) is 13.0 Å². The summed E-state index contributed by atoms with van der Waals surface area (Å²) in [5, 5.41) is 1.96. The zero-order valence-electron chi connectivity index (χ0n) is 22.4. The summed E-state index contributed by atoms with van der Waals surface area (Å²) >= 11 is 0. The van der Waals surface area contributed by atoms with Crippen LogP contribution in [0.5, 0.6) is 0 Å². The number of benzene rings is 3. The van der Waals surface area contributed by atoms with Crippen LogP contribution in [0.15, 0.2) is 52.9 Å². The predicted octanol–water partition coefficient (Wildman–Crippen LogP) is 5.20. The third-order valence-electron chi connectivity index (χ3n) is 6.97. The Morgan fingerprint density at radius 2 is 1.62 bits per heavy atom. The highest BCUT2D eigenvalue weighted by atomic mass is 16.5. The van der Waals surface area contributed by atoms with Gasteiger partial charge in [0.15, 0.2) is 0 Å². The Hall–Kier alpha value is -4.00. The zero-order chi connectivity index (χ0) is 26.7. The number of esters is 1. The Bertz CT molecular complexity index is 1480. The Morgan fingerprint density at radius 3 is 2.27 bits per heavy atom. The van der Waals surface area contributed by atoms with Gasteiger partial charge in [0.2, 0.25) is 5.36 Å². The first-order chi connectivity index (χ1) is 17.9. The smallest absolute Gasteiger partial charge is 0.340 e. The summed E-state index contributed by atoms with van der Waals surface area (Å²) in [6.45, 7) is 14.1. The summed E-state index contributed by atoms with van der Waals surface area (Å²) in [7, 11) is 0. The van der Waals surface area contributed by atoms with E-state index in [4.69, 9.17) is 20.6 Å². The van der Waals surface area contributed by atoms with Crippen molar-refractivity contribution >= 4 is 34.0 Å². The molecule has 0 saturated heterocycles. The molecule has 0 unspecified atom stereocenters. The molecule has 2 aromatic rings. The van der Waals surface area contributed by atoms with Gasteiger partial charge in [-0.3, -0.25) is 0 Å². The topological polar surface area (TPSA) is 97.7 Å². The van der Waals surface area contributed by atoms with Gasteiger partial charge in [-0.2, -0.15) is 0 Å². The Kier molecular flexibility index (Phi) is 7.71. The average molecular weight is 502 g/mol. The van der Waals surface area contributed by atoms with E-state index >= 15 is 0 Å². The average Bonchev–Trinajstić information content (AvgIpc) is 2.90. The standard InChI is InChI=1S/C30H36N4O3/c1-6-33(7-2)19-11-13-21-25(17-19)37-26-18-20(34(8-3)9-4)12-14-22(26)27(21)23-15-16-24(31)29(32)28(23)30(35)36-10-5/h11-18,31H,6-10H2,1-5H3,(H2,32,35)/p+1. The number of nitrogen functional groups attached to an aromatic ring is 2. The second kappa shape index (κ2) is 10.9. The molecule has 0 aromatic heterocycles. The summed E-state index contributed by atoms with van der Waals surface area (Å²) in [6, 6.07) is 16.0. The molecule has 2 aliphatic rings. The maximum atomic E-state index is 13.1. The van der Waals surface area contributed by atoms with Gasteiger partial charge in [0.05, 0.1) is 29.6 Å². The number of fused-ring (bicyclic) bond motifs is 2. The van der Waals surface area contributed by atoms with Crippen molar-refractivity contribution in [2.24, 2.45) is 0 Å². The molecule has 0 radical (unpaired) electrons. The van der Waals surface area contributed by atoms with Crippen LogP contribution < -0.4 is 26.3 Å². The normalized spacial score (nSPS) is 11.2. The van der Waals surface area contributed by atoms with Gasteiger partial charge >= 0.3 is 5.97 Å². The predicted molar refractivity (Wildman–Crippen MR) is 153 cm³/mol. The fourth-order valence-electron chi connectivity index (χ4n) is 5.00. The first-order valence-electron chi connectivity index (χ1n) is 13.1. The van der Waals surface area contributed by atoms with Gasteiger partial charge in [-0.1, -0.05) is 6.07 Å². The number of hydrogen-bond acceptors (Lipinski definition) is 6. The number of rotatable bonds is 8. The molecule has 0 atom stereocenters. The van der Waals surface area contributed by atoms with E-state index in [1.165, 1.54) is 0 Å². The van der Waals surface area contributed by atoms with E-state index in [9.17, 15) is 4.79 Å². The van der Waals surface area contributed by atoms with Gasteiger partial charge < -0.3 is 25.5 Å². The number of carbonyl (C=O) groups excluding carboxylic acids is 1. The molecule has 194 valence electrons. The van der Waals surface area contributed by atoms with Crippen molar-refractivity contribution in [2.45, 2.75) is 34.6 Å². The molecule has 0 amide bonds. The van der Waals surface area contributed by atoms with Crippen molar-refractivity contribution in [3.63, 3.8) is 0 Å². The highest BCUT2D eigenvalue weighted by Crippen LogP contribution is 2.44. The lowest BCUT2D eigenvalue weighted by Gasteiger charge is -2.23. The van der Waals surface area contributed by atoms with Crippen LogP contribution in [0.3, 0.4) is 0 Å². The molecular weight excluding hydrogens is 464 g/mol. The number of ether oxygens (including phenoxy) is 1. The van der Waals surface area contributed by atoms with Crippen LogP contribution in [0.4, 0.5) is 17.1 Å². The second-order valence-corrected chi connectivity index (χ2v) is 8.89. The maximum Gasteiger partial charge on any atom is 0.340 e. The monoisotopic (exact) mass is 501 g/mol. The van der Waals surface area contributed by atoms with Crippen molar-refractivity contribution in [1.29, 1.82) is 0 Å². The van der Waals surface area contributed by atoms with Crippen LogP contribution in [0.1, 0.15) is 45.0 Å². The molecule has 0 bridgehead atoms. The van der Waals surface area contributed by atoms with Crippen LogP contribution in [0.2, 0.25) is 0 Å². The lowest BCUT2D eigenvalue weighted by molar-refractivity contribution is 0.0528. The number of nitrogens with zero attached hydrogens (tertiary/aromatic N) is 2. The van der Waals surface area contributed by atoms with Crippen molar-refractivity contribution in [2.75, 3.05) is 49.2 Å². The van der Waals surface area contributed by atoms with E-state index in [0.29, 0.717) is 11.3 Å². The minimum Gasteiger partial charge on any atom is -0.462 e. The minimum absolute atomic E-state index is 0.220. The summed E-state index contributed by atoms with van der Waals surface area (Å²) in [5.74, 6) is 0.234. The minimum atomic E-state index is -0.496. The number of anilines is 3. The van der Waals surface area contributed by atoms with Gasteiger partial charge in [0.1, 0.15) is 24.4 Å². The van der Waals surface area contributed by atoms with E-state index in [-0.39, 0.29) is 17.9 Å². The third kappa shape index (κ3) is 4.73. The molecule has 1 aliphatic carbocycles. The quantitative estimate of drug-likeness (QED) is 0.149. The van der Waals surface area contributed by atoms with E-state index in [1.807, 2.05) is 6.07 Å². The maximum absolute atomic E-state index is 13.1. The Labute approximate surface area is 218 Å². The van der Waals surface area contributed by atoms with Gasteiger partial charge in [-0.25, -0.2) is 9.37 Å². The molecular formula is C30H37N4O3+. The summed E-state index contributed by atoms with van der Waals surface area (Å²) in [4.78, 5) is 15.4. The fourth-order valence-corrected chi connectivity index (χ4v) is 5.00. The van der Waals surface area contributed by atoms with Gasteiger partial charge in [0.25, 0.3) is 0 Å². The summed E-state index contributed by atoms with van der Waals surface area (Å²) < 4.78 is 14.2. The van der Waals surface area contributed by atoms with Crippen molar-refractivity contribution in [1.82, 2.24) is 4.58 Å². The number of carbonyl (C=O) groups is 1. The fraction of sp³-hybridized carbons (Fsp3) is 0.333. The molecule has 0 fully saturated rings. The summed E-state index contributed by atoms with van der Waals surface area (Å²) in [6.07, 6.45) is 0. The highest BCUT2D eigenvalue weighted by Gasteiger charge is 2.26. The van der Waals surface area contributed by atoms with Crippen molar-refractivity contribution < 1.29 is 13.9 Å². The number of nitrogens with two attached hydrogens (primary N) is 2. The zero-order valence-corrected chi connectivity index (χ0v) is 22.4. The van der Waals surface area contributed by atoms with Crippen LogP contribution in [-0.4, -0.2) is 38.8 Å². The largest absolute Gasteiger partial charge is 0.462 e. The molecule has 2 aromatic carbocycles. The van der Waals surface area contributed by atoms with Crippen LogP contribution in [0.25, 0.3) is 33.4 Å². The molecule has 37 heavy (non-hydrogen) atoms. The van der Waals surface area contributed by atoms with Crippen LogP contribution >= 0.6 is 0 Å². The molecule has 0 spiro atoms. The lowest BCUT2D eigenvalue weighted by Crippen LogP contribution is -2.29. The first kappa shape index (κ1) is 26.1. The molecule has 1 heterocycles. The third-order valence-corrected chi connectivity index (χ3v) is 6.97. The van der Waals surface area contributed by atoms with E-state index in [0.717, 1.165) is 65.1 Å². The van der Waals surface area contributed by atoms with Crippen molar-refractivity contribution in [3.8, 4) is 22.5 Å². The molecule has 1 aliphatic heterocycles.